The van der Waals surface area contributed by atoms with E-state index in [1.54, 1.807) is 12.1 Å². The van der Waals surface area contributed by atoms with Crippen LogP contribution >= 0.6 is 0 Å². The molecule has 0 unspecified atom stereocenters. The van der Waals surface area contributed by atoms with E-state index in [4.69, 9.17) is 4.74 Å². The Morgan fingerprint density at radius 1 is 1.35 bits per heavy atom. The summed E-state index contributed by atoms with van der Waals surface area (Å²) in [5.41, 5.74) is 0.366. The summed E-state index contributed by atoms with van der Waals surface area (Å²) in [6, 6.07) is 3.36. The number of methoxy groups -OCH3 is 1. The van der Waals surface area contributed by atoms with Gasteiger partial charge in [0.1, 0.15) is 5.82 Å². The van der Waals surface area contributed by atoms with Crippen LogP contribution in [0.3, 0.4) is 0 Å². The number of H-pyrrole nitrogens is 1. The molecule has 0 bridgehead atoms. The van der Waals surface area contributed by atoms with Crippen LogP contribution in [0.5, 0.6) is 5.88 Å². The van der Waals surface area contributed by atoms with Crippen molar-refractivity contribution in [2.45, 2.75) is 26.2 Å². The first-order chi connectivity index (χ1) is 9.40. The predicted molar refractivity (Wildman–Crippen MR) is 73.8 cm³/mol. The third-order valence-corrected chi connectivity index (χ3v) is 2.60. The lowest BCUT2D eigenvalue weighted by Gasteiger charge is -2.12. The highest BCUT2D eigenvalue weighted by atomic mass is 16.5. The fourth-order valence-electron chi connectivity index (χ4n) is 1.46. The lowest BCUT2D eigenvalue weighted by molar-refractivity contribution is 0.101. The zero-order chi connectivity index (χ0) is 14.8. The lowest BCUT2D eigenvalue weighted by Crippen LogP contribution is -2.16. The molecule has 0 saturated carbocycles. The van der Waals surface area contributed by atoms with E-state index in [9.17, 15) is 4.79 Å². The van der Waals surface area contributed by atoms with Gasteiger partial charge in [-0.05, 0) is 6.07 Å². The Bertz CT molecular complexity index is 598. The van der Waals surface area contributed by atoms with Gasteiger partial charge < -0.3 is 10.1 Å². The number of hydrogen-bond donors (Lipinski definition) is 2. The van der Waals surface area contributed by atoms with Crippen molar-refractivity contribution in [2.75, 3.05) is 12.4 Å². The molecule has 0 spiro atoms. The summed E-state index contributed by atoms with van der Waals surface area (Å²) in [4.78, 5) is 20.2. The minimum atomic E-state index is -0.385. The highest BCUT2D eigenvalue weighted by Gasteiger charge is 2.21. The van der Waals surface area contributed by atoms with Crippen molar-refractivity contribution in [1.82, 2.24) is 20.2 Å². The van der Waals surface area contributed by atoms with Crippen LogP contribution in [0.1, 0.15) is 37.2 Å². The van der Waals surface area contributed by atoms with Gasteiger partial charge in [-0.1, -0.05) is 20.8 Å². The van der Waals surface area contributed by atoms with Crippen LogP contribution in [0.25, 0.3) is 0 Å². The van der Waals surface area contributed by atoms with Crippen molar-refractivity contribution in [3.05, 3.63) is 30.0 Å². The van der Waals surface area contributed by atoms with Gasteiger partial charge in [0.25, 0.3) is 5.91 Å². The quantitative estimate of drug-likeness (QED) is 0.890. The third kappa shape index (κ3) is 3.11. The summed E-state index contributed by atoms with van der Waals surface area (Å²) in [6.45, 7) is 5.97. The van der Waals surface area contributed by atoms with Gasteiger partial charge >= 0.3 is 0 Å². The van der Waals surface area contributed by atoms with Gasteiger partial charge in [-0.2, -0.15) is 0 Å². The van der Waals surface area contributed by atoms with Crippen molar-refractivity contribution in [1.29, 1.82) is 0 Å². The average molecular weight is 275 g/mol. The van der Waals surface area contributed by atoms with Crippen LogP contribution in [0, 0.1) is 0 Å². The van der Waals surface area contributed by atoms with Crippen LogP contribution in [0.2, 0.25) is 0 Å². The predicted octanol–water partition coefficient (Wildman–Crippen LogP) is 1.76. The Balaban J connectivity index is 2.09. The number of hydrogen-bond acceptors (Lipinski definition) is 5. The summed E-state index contributed by atoms with van der Waals surface area (Å²) in [7, 11) is 1.53. The number of anilines is 1. The van der Waals surface area contributed by atoms with Crippen LogP contribution in [0.15, 0.2) is 18.3 Å². The number of aromatic amines is 1. The number of aromatic nitrogens is 4. The summed E-state index contributed by atoms with van der Waals surface area (Å²) >= 11 is 0. The van der Waals surface area contributed by atoms with E-state index in [2.05, 4.69) is 25.5 Å². The van der Waals surface area contributed by atoms with Gasteiger partial charge in [-0.3, -0.25) is 9.89 Å². The van der Waals surface area contributed by atoms with Crippen LogP contribution in [-0.4, -0.2) is 33.2 Å². The summed E-state index contributed by atoms with van der Waals surface area (Å²) in [5, 5.41) is 9.36. The first-order valence-electron chi connectivity index (χ1n) is 6.14. The highest BCUT2D eigenvalue weighted by molar-refractivity contribution is 6.01. The molecule has 0 radical (unpaired) electrons. The largest absolute Gasteiger partial charge is 0.481 e. The van der Waals surface area contributed by atoms with Crippen molar-refractivity contribution < 1.29 is 9.53 Å². The monoisotopic (exact) mass is 275 g/mol. The molecule has 0 aliphatic heterocycles. The second-order valence-corrected chi connectivity index (χ2v) is 5.30. The molecular formula is C13H17N5O2. The standard InChI is InChI=1S/C13H17N5O2/c1-13(2,3)12-16-10(17-18-12)11(19)15-8-5-6-9(20-4)14-7-8/h5-7H,1-4H3,(H,15,19)(H,16,17,18). The highest BCUT2D eigenvalue weighted by Crippen LogP contribution is 2.17. The number of nitrogens with one attached hydrogen (secondary N) is 2. The van der Waals surface area contributed by atoms with Crippen molar-refractivity contribution in [3.63, 3.8) is 0 Å². The Kier molecular flexibility index (Phi) is 3.69. The Morgan fingerprint density at radius 2 is 2.10 bits per heavy atom. The molecule has 106 valence electrons. The molecule has 2 aromatic rings. The normalized spacial score (nSPS) is 11.2. The number of ether oxygens (including phenoxy) is 1. The fraction of sp³-hybridized carbons (Fsp3) is 0.385. The first kappa shape index (κ1) is 14.0. The topological polar surface area (TPSA) is 92.8 Å². The first-order valence-corrected chi connectivity index (χ1v) is 6.14. The molecule has 0 aliphatic rings. The number of amides is 1. The van der Waals surface area contributed by atoms with Crippen LogP contribution in [-0.2, 0) is 5.41 Å². The molecule has 0 atom stereocenters. The van der Waals surface area contributed by atoms with E-state index in [0.29, 0.717) is 17.4 Å². The van der Waals surface area contributed by atoms with E-state index in [-0.39, 0.29) is 17.1 Å². The van der Waals surface area contributed by atoms with E-state index < -0.39 is 0 Å². The summed E-state index contributed by atoms with van der Waals surface area (Å²) in [5.74, 6) is 0.862. The fourth-order valence-corrected chi connectivity index (χ4v) is 1.46. The second-order valence-electron chi connectivity index (χ2n) is 5.30. The molecule has 0 aromatic carbocycles. The van der Waals surface area contributed by atoms with Crippen LogP contribution < -0.4 is 10.1 Å². The second kappa shape index (κ2) is 5.28. The number of rotatable bonds is 3. The molecule has 7 nitrogen and oxygen atoms in total. The molecule has 1 amide bonds. The van der Waals surface area contributed by atoms with Crippen LogP contribution in [0.4, 0.5) is 5.69 Å². The van der Waals surface area contributed by atoms with E-state index in [1.165, 1.54) is 13.3 Å². The molecule has 0 fully saturated rings. The molecule has 2 N–H and O–H groups in total. The van der Waals surface area contributed by atoms with E-state index >= 15 is 0 Å². The number of carbonyl (C=O) groups is 1. The number of carbonyl (C=O) groups excluding carboxylic acids is 1. The van der Waals surface area contributed by atoms with Crippen molar-refractivity contribution in [3.8, 4) is 5.88 Å². The lowest BCUT2D eigenvalue weighted by atomic mass is 9.96. The molecule has 7 heteroatoms. The Hall–Kier alpha value is -2.44. The molecule has 2 aromatic heterocycles. The van der Waals surface area contributed by atoms with E-state index in [1.807, 2.05) is 20.8 Å². The number of nitrogens with zero attached hydrogens (tertiary/aromatic N) is 3. The van der Waals surface area contributed by atoms with Gasteiger partial charge in [0.05, 0.1) is 19.0 Å². The summed E-state index contributed by atoms with van der Waals surface area (Å²) < 4.78 is 4.95. The Labute approximate surface area is 116 Å². The Morgan fingerprint density at radius 3 is 2.60 bits per heavy atom. The average Bonchev–Trinajstić information content (AvgIpc) is 2.89. The van der Waals surface area contributed by atoms with Crippen molar-refractivity contribution >= 4 is 11.6 Å². The van der Waals surface area contributed by atoms with E-state index in [0.717, 1.165) is 0 Å². The maximum absolute atomic E-state index is 12.0. The minimum Gasteiger partial charge on any atom is -0.481 e. The SMILES string of the molecule is COc1ccc(NC(=O)c2n[nH]c(C(C)(C)C)n2)cn1. The molecule has 2 rings (SSSR count). The zero-order valence-corrected chi connectivity index (χ0v) is 11.9. The minimum absolute atomic E-state index is 0.103. The zero-order valence-electron chi connectivity index (χ0n) is 11.9. The maximum Gasteiger partial charge on any atom is 0.295 e. The van der Waals surface area contributed by atoms with Gasteiger partial charge in [0, 0.05) is 11.5 Å². The van der Waals surface area contributed by atoms with Gasteiger partial charge in [0.2, 0.25) is 11.7 Å². The molecule has 0 aliphatic carbocycles. The smallest absolute Gasteiger partial charge is 0.295 e. The van der Waals surface area contributed by atoms with Gasteiger partial charge in [0.15, 0.2) is 0 Å². The van der Waals surface area contributed by atoms with Crippen molar-refractivity contribution in [2.24, 2.45) is 0 Å². The molecule has 20 heavy (non-hydrogen) atoms. The van der Waals surface area contributed by atoms with Gasteiger partial charge in [-0.25, -0.2) is 9.97 Å². The third-order valence-electron chi connectivity index (χ3n) is 2.60. The maximum atomic E-state index is 12.0. The van der Waals surface area contributed by atoms with Gasteiger partial charge in [-0.15, -0.1) is 5.10 Å². The summed E-state index contributed by atoms with van der Waals surface area (Å²) in [6.07, 6.45) is 1.51. The molecular weight excluding hydrogens is 258 g/mol. The molecule has 2 heterocycles. The molecule has 0 saturated heterocycles. The number of pyridine rings is 1.